The van der Waals surface area contributed by atoms with E-state index in [-0.39, 0.29) is 24.1 Å². The number of carbonyl (C=O) groups excluding carboxylic acids is 1. The van der Waals surface area contributed by atoms with Crippen LogP contribution in [-0.2, 0) is 11.8 Å². The van der Waals surface area contributed by atoms with E-state index < -0.39 is 0 Å². The highest BCUT2D eigenvalue weighted by molar-refractivity contribution is 5.78. The molecule has 122 valence electrons. The van der Waals surface area contributed by atoms with E-state index in [0.717, 1.165) is 25.1 Å². The Hall–Kier alpha value is -2.41. The Bertz CT molecular complexity index is 750. The number of benzene rings is 1. The van der Waals surface area contributed by atoms with E-state index in [1.165, 1.54) is 4.68 Å². The molecule has 0 radical (unpaired) electrons. The van der Waals surface area contributed by atoms with Crippen molar-refractivity contribution < 1.29 is 4.79 Å². The SMILES string of the molecule is Cn1nc(C2CCCN(C(=O)CN)C2)n(-c2ccccc2)c1=O. The van der Waals surface area contributed by atoms with Crippen LogP contribution in [0.2, 0.25) is 0 Å². The van der Waals surface area contributed by atoms with Crippen molar-refractivity contribution in [3.05, 3.63) is 46.6 Å². The molecule has 1 saturated heterocycles. The number of rotatable bonds is 3. The third kappa shape index (κ3) is 2.92. The summed E-state index contributed by atoms with van der Waals surface area (Å²) in [5, 5.41) is 4.43. The van der Waals surface area contributed by atoms with E-state index in [1.807, 2.05) is 30.3 Å². The van der Waals surface area contributed by atoms with Crippen LogP contribution < -0.4 is 11.4 Å². The number of nitrogens with zero attached hydrogens (tertiary/aromatic N) is 4. The quantitative estimate of drug-likeness (QED) is 0.879. The number of para-hydroxylation sites is 1. The fourth-order valence-corrected chi connectivity index (χ4v) is 3.11. The van der Waals surface area contributed by atoms with Crippen molar-refractivity contribution in [2.75, 3.05) is 19.6 Å². The molecule has 1 aliphatic rings. The van der Waals surface area contributed by atoms with Crippen molar-refractivity contribution in [1.29, 1.82) is 0 Å². The number of amides is 1. The number of hydrogen-bond acceptors (Lipinski definition) is 4. The molecule has 2 N–H and O–H groups in total. The van der Waals surface area contributed by atoms with Crippen LogP contribution in [0.1, 0.15) is 24.6 Å². The molecule has 1 unspecified atom stereocenters. The lowest BCUT2D eigenvalue weighted by Gasteiger charge is -2.32. The maximum absolute atomic E-state index is 12.5. The molecule has 0 saturated carbocycles. The van der Waals surface area contributed by atoms with Gasteiger partial charge in [-0.05, 0) is 25.0 Å². The van der Waals surface area contributed by atoms with Gasteiger partial charge in [0.05, 0.1) is 12.2 Å². The molecule has 3 rings (SSSR count). The van der Waals surface area contributed by atoms with E-state index in [1.54, 1.807) is 16.5 Å². The first-order chi connectivity index (χ1) is 11.1. The number of nitrogens with two attached hydrogens (primary N) is 1. The van der Waals surface area contributed by atoms with Gasteiger partial charge >= 0.3 is 5.69 Å². The summed E-state index contributed by atoms with van der Waals surface area (Å²) >= 11 is 0. The second-order valence-electron chi connectivity index (χ2n) is 5.82. The van der Waals surface area contributed by atoms with Crippen molar-refractivity contribution in [3.63, 3.8) is 0 Å². The molecular formula is C16H21N5O2. The summed E-state index contributed by atoms with van der Waals surface area (Å²) in [5.41, 5.74) is 6.09. The minimum atomic E-state index is -0.173. The van der Waals surface area contributed by atoms with Crippen molar-refractivity contribution in [2.24, 2.45) is 12.8 Å². The summed E-state index contributed by atoms with van der Waals surface area (Å²) in [7, 11) is 1.65. The van der Waals surface area contributed by atoms with E-state index in [2.05, 4.69) is 5.10 Å². The van der Waals surface area contributed by atoms with E-state index in [0.29, 0.717) is 12.4 Å². The van der Waals surface area contributed by atoms with Gasteiger partial charge in [-0.1, -0.05) is 18.2 Å². The Morgan fingerprint density at radius 1 is 1.35 bits per heavy atom. The fraction of sp³-hybridized carbons (Fsp3) is 0.438. The van der Waals surface area contributed by atoms with Gasteiger partial charge in [0, 0.05) is 26.1 Å². The second-order valence-corrected chi connectivity index (χ2v) is 5.82. The average Bonchev–Trinajstić information content (AvgIpc) is 2.90. The minimum Gasteiger partial charge on any atom is -0.341 e. The van der Waals surface area contributed by atoms with Crippen molar-refractivity contribution >= 4 is 5.91 Å². The van der Waals surface area contributed by atoms with Gasteiger partial charge < -0.3 is 10.6 Å². The lowest BCUT2D eigenvalue weighted by Crippen LogP contribution is -2.42. The predicted octanol–water partition coefficient (Wildman–Crippen LogP) is 0.236. The highest BCUT2D eigenvalue weighted by atomic mass is 16.2. The highest BCUT2D eigenvalue weighted by Gasteiger charge is 2.29. The highest BCUT2D eigenvalue weighted by Crippen LogP contribution is 2.26. The Morgan fingerprint density at radius 2 is 2.09 bits per heavy atom. The first-order valence-electron chi connectivity index (χ1n) is 7.81. The van der Waals surface area contributed by atoms with Crippen molar-refractivity contribution in [1.82, 2.24) is 19.2 Å². The molecule has 2 aromatic rings. The summed E-state index contributed by atoms with van der Waals surface area (Å²) < 4.78 is 2.99. The fourth-order valence-electron chi connectivity index (χ4n) is 3.11. The molecule has 2 heterocycles. The van der Waals surface area contributed by atoms with Crippen LogP contribution in [0.5, 0.6) is 0 Å². The summed E-state index contributed by atoms with van der Waals surface area (Å²) in [4.78, 5) is 26.1. The van der Waals surface area contributed by atoms with Gasteiger partial charge in [-0.25, -0.2) is 14.0 Å². The summed E-state index contributed by atoms with van der Waals surface area (Å²) in [5.74, 6) is 0.686. The number of aryl methyl sites for hydroxylation is 1. The van der Waals surface area contributed by atoms with Crippen LogP contribution >= 0.6 is 0 Å². The van der Waals surface area contributed by atoms with Gasteiger partial charge in [0.25, 0.3) is 0 Å². The molecule has 0 aliphatic carbocycles. The lowest BCUT2D eigenvalue weighted by atomic mass is 9.97. The number of likely N-dealkylation sites (tertiary alicyclic amines) is 1. The van der Waals surface area contributed by atoms with Crippen LogP contribution in [0, 0.1) is 0 Å². The van der Waals surface area contributed by atoms with E-state index in [4.69, 9.17) is 5.73 Å². The first kappa shape index (κ1) is 15.5. The summed E-state index contributed by atoms with van der Waals surface area (Å²) in [6, 6.07) is 9.47. The number of aromatic nitrogens is 3. The molecule has 23 heavy (non-hydrogen) atoms. The first-order valence-corrected chi connectivity index (χ1v) is 7.81. The van der Waals surface area contributed by atoms with Gasteiger partial charge in [0.2, 0.25) is 5.91 Å². The minimum absolute atomic E-state index is 0.0143. The normalized spacial score (nSPS) is 18.2. The Balaban J connectivity index is 1.99. The largest absolute Gasteiger partial charge is 0.350 e. The maximum Gasteiger partial charge on any atom is 0.350 e. The zero-order valence-corrected chi connectivity index (χ0v) is 13.2. The topological polar surface area (TPSA) is 86.2 Å². The predicted molar refractivity (Wildman–Crippen MR) is 86.4 cm³/mol. The Kier molecular flexibility index (Phi) is 4.29. The Morgan fingerprint density at radius 3 is 2.78 bits per heavy atom. The van der Waals surface area contributed by atoms with Crippen LogP contribution in [0.3, 0.4) is 0 Å². The lowest BCUT2D eigenvalue weighted by molar-refractivity contribution is -0.130. The van der Waals surface area contributed by atoms with Crippen LogP contribution in [0.25, 0.3) is 5.69 Å². The molecule has 7 nitrogen and oxygen atoms in total. The molecule has 0 bridgehead atoms. The van der Waals surface area contributed by atoms with Gasteiger partial charge in [0.1, 0.15) is 5.82 Å². The molecule has 1 fully saturated rings. The van der Waals surface area contributed by atoms with Crippen LogP contribution in [-0.4, -0.2) is 44.8 Å². The molecule has 1 amide bonds. The summed E-state index contributed by atoms with van der Waals surface area (Å²) in [6.07, 6.45) is 1.79. The monoisotopic (exact) mass is 315 g/mol. The van der Waals surface area contributed by atoms with Gasteiger partial charge in [-0.15, -0.1) is 0 Å². The van der Waals surface area contributed by atoms with Crippen molar-refractivity contribution in [3.8, 4) is 5.69 Å². The van der Waals surface area contributed by atoms with Crippen molar-refractivity contribution in [2.45, 2.75) is 18.8 Å². The van der Waals surface area contributed by atoms with Gasteiger partial charge in [-0.2, -0.15) is 5.10 Å². The maximum atomic E-state index is 12.5. The summed E-state index contributed by atoms with van der Waals surface area (Å²) in [6.45, 7) is 1.29. The Labute approximate surface area is 134 Å². The van der Waals surface area contributed by atoms with Crippen LogP contribution in [0.15, 0.2) is 35.1 Å². The van der Waals surface area contributed by atoms with E-state index in [9.17, 15) is 9.59 Å². The molecule has 7 heteroatoms. The molecule has 1 atom stereocenters. The standard InChI is InChI=1S/C16H21N5O2/c1-19-16(23)21(13-7-3-2-4-8-13)15(18-19)12-6-5-9-20(11-12)14(22)10-17/h2-4,7-8,12H,5-6,9-11,17H2,1H3. The smallest absolute Gasteiger partial charge is 0.341 e. The molecule has 0 spiro atoms. The molecule has 1 aliphatic heterocycles. The molecule has 1 aromatic carbocycles. The number of piperidine rings is 1. The third-order valence-electron chi connectivity index (χ3n) is 4.28. The van der Waals surface area contributed by atoms with E-state index >= 15 is 0 Å². The zero-order chi connectivity index (χ0) is 16.4. The van der Waals surface area contributed by atoms with Gasteiger partial charge in [-0.3, -0.25) is 4.79 Å². The third-order valence-corrected chi connectivity index (χ3v) is 4.28. The average molecular weight is 315 g/mol. The molecular weight excluding hydrogens is 294 g/mol. The van der Waals surface area contributed by atoms with Crippen LogP contribution in [0.4, 0.5) is 0 Å². The van der Waals surface area contributed by atoms with Gasteiger partial charge in [0.15, 0.2) is 0 Å². The number of carbonyl (C=O) groups is 1. The second kappa shape index (κ2) is 6.37. The molecule has 1 aromatic heterocycles. The zero-order valence-electron chi connectivity index (χ0n) is 13.2. The number of hydrogen-bond donors (Lipinski definition) is 1.